The van der Waals surface area contributed by atoms with E-state index in [9.17, 15) is 14.6 Å². The van der Waals surface area contributed by atoms with E-state index in [1.165, 1.54) is 6.07 Å². The Kier molecular flexibility index (Phi) is 3.32. The van der Waals surface area contributed by atoms with Crippen molar-refractivity contribution in [1.82, 2.24) is 0 Å². The first-order valence-electron chi connectivity index (χ1n) is 5.65. The molecule has 0 aliphatic heterocycles. The normalized spacial score (nSPS) is 19.2. The Labute approximate surface area is 108 Å². The molecule has 1 aromatic rings. The predicted octanol–water partition coefficient (Wildman–Crippen LogP) is 3.12. The van der Waals surface area contributed by atoms with E-state index in [0.29, 0.717) is 17.3 Å². The summed E-state index contributed by atoms with van der Waals surface area (Å²) in [7, 11) is 0. The largest absolute Gasteiger partial charge is 0.504 e. The van der Waals surface area contributed by atoms with Crippen LogP contribution in [0, 0.1) is 5.82 Å². The van der Waals surface area contributed by atoms with E-state index in [1.54, 1.807) is 0 Å². The van der Waals surface area contributed by atoms with Gasteiger partial charge in [-0.3, -0.25) is 0 Å². The topological polar surface area (TPSA) is 66.5 Å². The molecule has 1 saturated carbocycles. The zero-order valence-electron chi connectivity index (χ0n) is 9.34. The molecule has 4 N–H and O–H groups in total. The molecule has 17 heavy (non-hydrogen) atoms. The predicted molar refractivity (Wildman–Crippen MR) is 66.4 cm³/mol. The minimum atomic E-state index is -0.818. The third kappa shape index (κ3) is 2.13. The van der Waals surface area contributed by atoms with Gasteiger partial charge in [0.25, 0.3) is 0 Å². The van der Waals surface area contributed by atoms with Crippen molar-refractivity contribution in [3.8, 4) is 11.5 Å². The molecule has 2 rings (SSSR count). The van der Waals surface area contributed by atoms with Crippen LogP contribution in [0.3, 0.4) is 0 Å². The van der Waals surface area contributed by atoms with Crippen LogP contribution in [0.5, 0.6) is 11.5 Å². The lowest BCUT2D eigenvalue weighted by atomic mass is 9.77. The van der Waals surface area contributed by atoms with E-state index in [2.05, 4.69) is 15.9 Å². The average Bonchev–Trinajstić information content (AvgIpc) is 2.26. The molecule has 0 radical (unpaired) electrons. The van der Waals surface area contributed by atoms with E-state index in [-0.39, 0.29) is 5.56 Å². The van der Waals surface area contributed by atoms with E-state index in [1.807, 2.05) is 0 Å². The minimum Gasteiger partial charge on any atom is -0.504 e. The Morgan fingerprint density at radius 2 is 1.82 bits per heavy atom. The molecule has 94 valence electrons. The van der Waals surface area contributed by atoms with E-state index in [0.717, 1.165) is 19.3 Å². The maximum absolute atomic E-state index is 14.0. The SMILES string of the molecule is NC1(c2c(Br)cc(O)c(O)c2F)CCCCC1. The summed E-state index contributed by atoms with van der Waals surface area (Å²) in [5, 5.41) is 18.8. The highest BCUT2D eigenvalue weighted by Gasteiger charge is 2.35. The van der Waals surface area contributed by atoms with Gasteiger partial charge >= 0.3 is 0 Å². The van der Waals surface area contributed by atoms with Crippen molar-refractivity contribution in [3.63, 3.8) is 0 Å². The number of aromatic hydroxyl groups is 2. The van der Waals surface area contributed by atoms with E-state index in [4.69, 9.17) is 5.73 Å². The van der Waals surface area contributed by atoms with Gasteiger partial charge in [-0.2, -0.15) is 0 Å². The quantitative estimate of drug-likeness (QED) is 0.698. The highest BCUT2D eigenvalue weighted by Crippen LogP contribution is 2.44. The highest BCUT2D eigenvalue weighted by atomic mass is 79.9. The summed E-state index contributed by atoms with van der Waals surface area (Å²) >= 11 is 3.21. The van der Waals surface area contributed by atoms with Gasteiger partial charge in [-0.15, -0.1) is 0 Å². The molecule has 0 bridgehead atoms. The molecule has 1 aliphatic rings. The van der Waals surface area contributed by atoms with Crippen molar-refractivity contribution in [3.05, 3.63) is 21.9 Å². The molecule has 0 amide bonds. The van der Waals surface area contributed by atoms with Gasteiger partial charge in [0.15, 0.2) is 17.3 Å². The fourth-order valence-corrected chi connectivity index (χ4v) is 3.27. The van der Waals surface area contributed by atoms with E-state index >= 15 is 0 Å². The second kappa shape index (κ2) is 4.46. The van der Waals surface area contributed by atoms with Crippen molar-refractivity contribution in [2.45, 2.75) is 37.6 Å². The minimum absolute atomic E-state index is 0.271. The second-order valence-corrected chi connectivity index (χ2v) is 5.49. The maximum atomic E-state index is 14.0. The van der Waals surface area contributed by atoms with Crippen LogP contribution in [-0.2, 0) is 5.54 Å². The van der Waals surface area contributed by atoms with Crippen LogP contribution in [0.25, 0.3) is 0 Å². The summed E-state index contributed by atoms with van der Waals surface area (Å²) in [5.74, 6) is -2.02. The molecule has 0 heterocycles. The first-order valence-corrected chi connectivity index (χ1v) is 6.44. The third-order valence-electron chi connectivity index (χ3n) is 3.42. The van der Waals surface area contributed by atoms with Crippen molar-refractivity contribution in [2.24, 2.45) is 5.73 Å². The summed E-state index contributed by atoms with van der Waals surface area (Å²) in [6.45, 7) is 0. The lowest BCUT2D eigenvalue weighted by molar-refractivity contribution is 0.285. The summed E-state index contributed by atoms with van der Waals surface area (Å²) in [6.07, 6.45) is 4.37. The van der Waals surface area contributed by atoms with Gasteiger partial charge in [-0.25, -0.2) is 4.39 Å². The van der Waals surface area contributed by atoms with Crippen molar-refractivity contribution in [1.29, 1.82) is 0 Å². The highest BCUT2D eigenvalue weighted by molar-refractivity contribution is 9.10. The van der Waals surface area contributed by atoms with Crippen LogP contribution in [0.4, 0.5) is 4.39 Å². The molecule has 0 unspecified atom stereocenters. The standard InChI is InChI=1S/C12H15BrFNO2/c13-7-6-8(16)11(17)10(14)9(7)12(15)4-2-1-3-5-12/h6,16-17H,1-5,15H2. The lowest BCUT2D eigenvalue weighted by Crippen LogP contribution is -2.39. The Hall–Kier alpha value is -0.810. The van der Waals surface area contributed by atoms with Gasteiger partial charge in [0.1, 0.15) is 0 Å². The van der Waals surface area contributed by atoms with Crippen LogP contribution in [-0.4, -0.2) is 10.2 Å². The zero-order chi connectivity index (χ0) is 12.6. The Morgan fingerprint density at radius 1 is 1.24 bits per heavy atom. The zero-order valence-corrected chi connectivity index (χ0v) is 10.9. The van der Waals surface area contributed by atoms with Gasteiger partial charge in [0, 0.05) is 15.6 Å². The first-order chi connectivity index (χ1) is 7.96. The van der Waals surface area contributed by atoms with Crippen LogP contribution >= 0.6 is 15.9 Å². The Morgan fingerprint density at radius 3 is 2.41 bits per heavy atom. The van der Waals surface area contributed by atoms with Crippen LogP contribution in [0.1, 0.15) is 37.7 Å². The number of rotatable bonds is 1. The second-order valence-electron chi connectivity index (χ2n) is 4.63. The molecular formula is C12H15BrFNO2. The molecule has 1 aromatic carbocycles. The van der Waals surface area contributed by atoms with Crippen molar-refractivity contribution < 1.29 is 14.6 Å². The monoisotopic (exact) mass is 303 g/mol. The molecule has 0 atom stereocenters. The van der Waals surface area contributed by atoms with Gasteiger partial charge in [0.05, 0.1) is 0 Å². The van der Waals surface area contributed by atoms with Gasteiger partial charge < -0.3 is 15.9 Å². The molecule has 1 fully saturated rings. The number of halogens is 2. The number of nitrogens with two attached hydrogens (primary N) is 1. The number of benzene rings is 1. The Bertz CT molecular complexity index is 445. The van der Waals surface area contributed by atoms with Gasteiger partial charge in [-0.05, 0) is 18.9 Å². The van der Waals surface area contributed by atoms with Crippen molar-refractivity contribution >= 4 is 15.9 Å². The maximum Gasteiger partial charge on any atom is 0.194 e. The number of hydrogen-bond acceptors (Lipinski definition) is 3. The van der Waals surface area contributed by atoms with Crippen LogP contribution in [0.15, 0.2) is 10.5 Å². The smallest absolute Gasteiger partial charge is 0.194 e. The number of phenols is 2. The third-order valence-corrected chi connectivity index (χ3v) is 4.04. The fraction of sp³-hybridized carbons (Fsp3) is 0.500. The first kappa shape index (κ1) is 12.6. The summed E-state index contributed by atoms with van der Waals surface area (Å²) in [4.78, 5) is 0. The van der Waals surface area contributed by atoms with E-state index < -0.39 is 22.9 Å². The van der Waals surface area contributed by atoms with Crippen molar-refractivity contribution in [2.75, 3.05) is 0 Å². The van der Waals surface area contributed by atoms with Crippen LogP contribution < -0.4 is 5.73 Å². The lowest BCUT2D eigenvalue weighted by Gasteiger charge is -2.35. The molecule has 0 spiro atoms. The molecule has 3 nitrogen and oxygen atoms in total. The van der Waals surface area contributed by atoms with Crippen LogP contribution in [0.2, 0.25) is 0 Å². The molecule has 0 aromatic heterocycles. The summed E-state index contributed by atoms with van der Waals surface area (Å²) in [6, 6.07) is 1.29. The molecule has 1 aliphatic carbocycles. The number of phenolic OH excluding ortho intramolecular Hbond substituents is 2. The summed E-state index contributed by atoms with van der Waals surface area (Å²) in [5.41, 5.74) is 5.75. The van der Waals surface area contributed by atoms with Gasteiger partial charge in [-0.1, -0.05) is 35.2 Å². The molecular weight excluding hydrogens is 289 g/mol. The number of hydrogen-bond donors (Lipinski definition) is 3. The Balaban J connectivity index is 2.54. The molecule has 5 heteroatoms. The summed E-state index contributed by atoms with van der Waals surface area (Å²) < 4.78 is 14.4. The average molecular weight is 304 g/mol. The fourth-order valence-electron chi connectivity index (χ4n) is 2.49. The van der Waals surface area contributed by atoms with Gasteiger partial charge in [0.2, 0.25) is 0 Å². The molecule has 0 saturated heterocycles.